The van der Waals surface area contributed by atoms with Crippen LogP contribution in [0.2, 0.25) is 0 Å². The van der Waals surface area contributed by atoms with E-state index in [1.54, 1.807) is 11.0 Å². The normalized spacial score (nSPS) is 19.6. The molecule has 114 valence electrons. The van der Waals surface area contributed by atoms with E-state index in [0.29, 0.717) is 5.41 Å². The van der Waals surface area contributed by atoms with Crippen LogP contribution in [0.25, 0.3) is 6.08 Å². The lowest BCUT2D eigenvalue weighted by molar-refractivity contribution is 0.179. The molecule has 2 aliphatic rings. The zero-order valence-electron chi connectivity index (χ0n) is 12.7. The zero-order valence-corrected chi connectivity index (χ0v) is 12.7. The molecule has 22 heavy (non-hydrogen) atoms. The molecule has 0 amide bonds. The van der Waals surface area contributed by atoms with E-state index in [-0.39, 0.29) is 0 Å². The Morgan fingerprint density at radius 3 is 2.77 bits per heavy atom. The Kier molecular flexibility index (Phi) is 3.50. The third kappa shape index (κ3) is 2.46. The number of rotatable bonds is 4. The Hall–Kier alpha value is -2.01. The molecule has 5 heteroatoms. The number of hydrogen-bond donors (Lipinski definition) is 0. The van der Waals surface area contributed by atoms with Crippen LogP contribution in [0, 0.1) is 0 Å². The van der Waals surface area contributed by atoms with E-state index in [9.17, 15) is 0 Å². The molecule has 0 saturated carbocycles. The van der Waals surface area contributed by atoms with Crippen molar-refractivity contribution in [2.45, 2.75) is 31.2 Å². The number of aryl methyl sites for hydroxylation is 1. The molecule has 1 aromatic carbocycles. The van der Waals surface area contributed by atoms with Gasteiger partial charge in [-0.1, -0.05) is 36.4 Å². The number of tetrazole rings is 1. The van der Waals surface area contributed by atoms with Crippen LogP contribution in [0.15, 0.2) is 36.7 Å². The number of allylic oxidation sites excluding steroid dienone is 1. The summed E-state index contributed by atoms with van der Waals surface area (Å²) in [5.41, 5.74) is 3.24. The number of benzene rings is 1. The van der Waals surface area contributed by atoms with Gasteiger partial charge < -0.3 is 4.90 Å². The molecule has 1 aliphatic carbocycles. The van der Waals surface area contributed by atoms with Crippen LogP contribution in [0.4, 0.5) is 0 Å². The largest absolute Gasteiger partial charge is 0.303 e. The first-order valence-corrected chi connectivity index (χ1v) is 8.08. The molecule has 0 bridgehead atoms. The molecule has 0 radical (unpaired) electrons. The van der Waals surface area contributed by atoms with Gasteiger partial charge in [-0.3, -0.25) is 0 Å². The summed E-state index contributed by atoms with van der Waals surface area (Å²) in [7, 11) is 0. The second-order valence-electron chi connectivity index (χ2n) is 6.34. The third-order valence-corrected chi connectivity index (χ3v) is 5.08. The molecular weight excluding hydrogens is 274 g/mol. The van der Waals surface area contributed by atoms with E-state index < -0.39 is 0 Å². The lowest BCUT2D eigenvalue weighted by Gasteiger charge is -2.39. The van der Waals surface area contributed by atoms with Crippen molar-refractivity contribution < 1.29 is 0 Å². The Balaban J connectivity index is 1.33. The summed E-state index contributed by atoms with van der Waals surface area (Å²) >= 11 is 0. The van der Waals surface area contributed by atoms with Gasteiger partial charge in [0.15, 0.2) is 0 Å². The SMILES string of the molecule is C1=CC2(CCN(CCCn3cnnn3)CC2)c2ccccc21. The average molecular weight is 295 g/mol. The summed E-state index contributed by atoms with van der Waals surface area (Å²) in [6.07, 6.45) is 9.99. The number of aromatic nitrogens is 4. The van der Waals surface area contributed by atoms with Crippen molar-refractivity contribution in [1.82, 2.24) is 25.1 Å². The van der Waals surface area contributed by atoms with Gasteiger partial charge in [-0.15, -0.1) is 5.10 Å². The minimum atomic E-state index is 0.295. The van der Waals surface area contributed by atoms with E-state index in [1.807, 2.05) is 0 Å². The van der Waals surface area contributed by atoms with Crippen molar-refractivity contribution in [1.29, 1.82) is 0 Å². The molecule has 1 fully saturated rings. The number of hydrogen-bond acceptors (Lipinski definition) is 4. The minimum Gasteiger partial charge on any atom is -0.303 e. The highest BCUT2D eigenvalue weighted by molar-refractivity contribution is 5.65. The molecular formula is C17H21N5. The van der Waals surface area contributed by atoms with Crippen LogP contribution in [0.1, 0.15) is 30.4 Å². The van der Waals surface area contributed by atoms with E-state index in [0.717, 1.165) is 19.5 Å². The molecule has 4 rings (SSSR count). The fourth-order valence-corrected chi connectivity index (χ4v) is 3.79. The fourth-order valence-electron chi connectivity index (χ4n) is 3.79. The lowest BCUT2D eigenvalue weighted by Crippen LogP contribution is -2.41. The number of nitrogens with zero attached hydrogens (tertiary/aromatic N) is 5. The van der Waals surface area contributed by atoms with Crippen LogP contribution in [-0.4, -0.2) is 44.7 Å². The minimum absolute atomic E-state index is 0.295. The standard InChI is InChI=1S/C17H21N5/c1-2-5-16-15(4-1)6-7-17(16)8-12-21(13-9-17)10-3-11-22-14-18-19-20-22/h1-2,4-7,14H,3,8-13H2. The molecule has 1 saturated heterocycles. The molecule has 2 heterocycles. The zero-order chi connectivity index (χ0) is 14.8. The van der Waals surface area contributed by atoms with Gasteiger partial charge in [0, 0.05) is 12.0 Å². The van der Waals surface area contributed by atoms with Crippen molar-refractivity contribution in [3.63, 3.8) is 0 Å². The van der Waals surface area contributed by atoms with Crippen molar-refractivity contribution in [3.8, 4) is 0 Å². The second kappa shape index (κ2) is 5.65. The van der Waals surface area contributed by atoms with Gasteiger partial charge in [0.1, 0.15) is 6.33 Å². The first-order valence-electron chi connectivity index (χ1n) is 8.08. The van der Waals surface area contributed by atoms with Crippen LogP contribution in [0.5, 0.6) is 0 Å². The molecule has 0 unspecified atom stereocenters. The fraction of sp³-hybridized carbons (Fsp3) is 0.471. The van der Waals surface area contributed by atoms with Gasteiger partial charge in [0.05, 0.1) is 0 Å². The Labute approximate surface area is 130 Å². The highest BCUT2D eigenvalue weighted by Crippen LogP contribution is 2.43. The maximum atomic E-state index is 3.91. The highest BCUT2D eigenvalue weighted by atomic mass is 15.5. The monoisotopic (exact) mass is 295 g/mol. The second-order valence-corrected chi connectivity index (χ2v) is 6.34. The molecule has 0 atom stereocenters. The molecule has 1 spiro atoms. The first kappa shape index (κ1) is 13.6. The quantitative estimate of drug-likeness (QED) is 0.867. The maximum Gasteiger partial charge on any atom is 0.138 e. The summed E-state index contributed by atoms with van der Waals surface area (Å²) in [4.78, 5) is 2.57. The number of fused-ring (bicyclic) bond motifs is 2. The maximum absolute atomic E-state index is 3.91. The van der Waals surface area contributed by atoms with Crippen LogP contribution in [-0.2, 0) is 12.0 Å². The van der Waals surface area contributed by atoms with E-state index in [1.165, 1.54) is 37.1 Å². The Morgan fingerprint density at radius 1 is 1.09 bits per heavy atom. The summed E-state index contributed by atoms with van der Waals surface area (Å²) in [6.45, 7) is 4.38. The van der Waals surface area contributed by atoms with Crippen molar-refractivity contribution >= 4 is 6.08 Å². The third-order valence-electron chi connectivity index (χ3n) is 5.08. The van der Waals surface area contributed by atoms with Crippen molar-refractivity contribution in [2.75, 3.05) is 19.6 Å². The van der Waals surface area contributed by atoms with Gasteiger partial charge in [-0.05, 0) is 60.5 Å². The van der Waals surface area contributed by atoms with Gasteiger partial charge in [-0.25, -0.2) is 4.68 Å². The van der Waals surface area contributed by atoms with E-state index in [4.69, 9.17) is 0 Å². The highest BCUT2D eigenvalue weighted by Gasteiger charge is 2.37. The topological polar surface area (TPSA) is 46.8 Å². The van der Waals surface area contributed by atoms with Gasteiger partial charge in [-0.2, -0.15) is 0 Å². The van der Waals surface area contributed by atoms with Crippen molar-refractivity contribution in [3.05, 3.63) is 47.8 Å². The summed E-state index contributed by atoms with van der Waals surface area (Å²) in [6, 6.07) is 8.85. The Morgan fingerprint density at radius 2 is 1.95 bits per heavy atom. The van der Waals surface area contributed by atoms with Crippen LogP contribution < -0.4 is 0 Å². The smallest absolute Gasteiger partial charge is 0.138 e. The Bertz CT molecular complexity index is 653. The van der Waals surface area contributed by atoms with E-state index >= 15 is 0 Å². The molecule has 1 aliphatic heterocycles. The molecule has 5 nitrogen and oxygen atoms in total. The van der Waals surface area contributed by atoms with Gasteiger partial charge >= 0.3 is 0 Å². The summed E-state index contributed by atoms with van der Waals surface area (Å²) in [5, 5.41) is 11.2. The van der Waals surface area contributed by atoms with Crippen LogP contribution >= 0.6 is 0 Å². The van der Waals surface area contributed by atoms with E-state index in [2.05, 4.69) is 56.8 Å². The summed E-state index contributed by atoms with van der Waals surface area (Å²) < 4.78 is 1.81. The average Bonchev–Trinajstić information content (AvgIpc) is 3.19. The van der Waals surface area contributed by atoms with Gasteiger partial charge in [0.25, 0.3) is 0 Å². The van der Waals surface area contributed by atoms with Crippen molar-refractivity contribution in [2.24, 2.45) is 0 Å². The van der Waals surface area contributed by atoms with Gasteiger partial charge in [0.2, 0.25) is 0 Å². The summed E-state index contributed by atoms with van der Waals surface area (Å²) in [5.74, 6) is 0. The number of likely N-dealkylation sites (tertiary alicyclic amines) is 1. The predicted molar refractivity (Wildman–Crippen MR) is 85.3 cm³/mol. The number of piperidine rings is 1. The van der Waals surface area contributed by atoms with Crippen LogP contribution in [0.3, 0.4) is 0 Å². The first-order chi connectivity index (χ1) is 10.9. The predicted octanol–water partition coefficient (Wildman–Crippen LogP) is 2.12. The lowest BCUT2D eigenvalue weighted by atomic mass is 9.74. The molecule has 0 N–H and O–H groups in total. The molecule has 1 aromatic heterocycles. The molecule has 2 aromatic rings.